The third kappa shape index (κ3) is 4.01. The number of benzene rings is 1. The van der Waals surface area contributed by atoms with Crippen molar-refractivity contribution < 1.29 is 23.9 Å². The van der Waals surface area contributed by atoms with Crippen molar-refractivity contribution in [2.24, 2.45) is 0 Å². The summed E-state index contributed by atoms with van der Waals surface area (Å²) in [5.41, 5.74) is 2.06. The lowest BCUT2D eigenvalue weighted by Crippen LogP contribution is -2.51. The van der Waals surface area contributed by atoms with Crippen molar-refractivity contribution in [1.29, 1.82) is 0 Å². The molecule has 1 unspecified atom stereocenters. The Bertz CT molecular complexity index is 1130. The van der Waals surface area contributed by atoms with E-state index >= 15 is 0 Å². The molecule has 2 aliphatic rings. The molecule has 9 heteroatoms. The number of ketones is 1. The fourth-order valence-electron chi connectivity index (χ4n) is 3.83. The van der Waals surface area contributed by atoms with E-state index in [0.29, 0.717) is 37.4 Å². The summed E-state index contributed by atoms with van der Waals surface area (Å²) in [4.78, 5) is 51.5. The van der Waals surface area contributed by atoms with E-state index in [1.807, 2.05) is 6.92 Å². The molecule has 0 spiro atoms. The van der Waals surface area contributed by atoms with Gasteiger partial charge in [-0.1, -0.05) is 12.6 Å². The normalized spacial score (nSPS) is 17.9. The van der Waals surface area contributed by atoms with Crippen LogP contribution >= 0.6 is 0 Å². The summed E-state index contributed by atoms with van der Waals surface area (Å²) in [6.07, 6.45) is 1.39. The zero-order chi connectivity index (χ0) is 22.8. The first kappa shape index (κ1) is 21.4. The van der Waals surface area contributed by atoms with Crippen LogP contribution in [0.3, 0.4) is 0 Å². The van der Waals surface area contributed by atoms with Gasteiger partial charge >= 0.3 is 0 Å². The minimum absolute atomic E-state index is 0.167. The highest BCUT2D eigenvalue weighted by Crippen LogP contribution is 2.29. The number of Topliss-reactive ketones (excluding diaryl/α,β-unsaturated/α-hetero) is 1. The first-order valence-corrected chi connectivity index (χ1v) is 10.4. The number of aromatic nitrogens is 2. The van der Waals surface area contributed by atoms with Crippen LogP contribution in [0.5, 0.6) is 5.88 Å². The van der Waals surface area contributed by atoms with Gasteiger partial charge in [-0.2, -0.15) is 0 Å². The van der Waals surface area contributed by atoms with Crippen molar-refractivity contribution >= 4 is 23.5 Å². The molecule has 1 fully saturated rings. The maximum Gasteiger partial charge on any atom is 0.262 e. The van der Waals surface area contributed by atoms with Gasteiger partial charge in [0.25, 0.3) is 11.8 Å². The van der Waals surface area contributed by atoms with Crippen LogP contribution < -0.4 is 10.1 Å². The number of ether oxygens (including phenoxy) is 1. The topological polar surface area (TPSA) is 119 Å². The molecule has 1 aromatic heterocycles. The Balaban J connectivity index is 1.45. The molecule has 32 heavy (non-hydrogen) atoms. The maximum absolute atomic E-state index is 12.9. The van der Waals surface area contributed by atoms with Gasteiger partial charge < -0.3 is 10.1 Å². The largest absolute Gasteiger partial charge is 0.477 e. The van der Waals surface area contributed by atoms with Crippen LogP contribution in [0.15, 0.2) is 42.6 Å². The number of aryl methyl sites for hydroxylation is 1. The quantitative estimate of drug-likeness (QED) is 0.523. The lowest BCUT2D eigenvalue weighted by atomic mass is 10.0. The van der Waals surface area contributed by atoms with Crippen molar-refractivity contribution in [1.82, 2.24) is 20.4 Å². The second-order valence-corrected chi connectivity index (χ2v) is 7.62. The van der Waals surface area contributed by atoms with Gasteiger partial charge in [-0.3, -0.25) is 24.1 Å². The molecule has 0 aliphatic carbocycles. The number of allylic oxidation sites excluding steroid dienone is 1. The molecular weight excluding hydrogens is 412 g/mol. The van der Waals surface area contributed by atoms with Crippen LogP contribution in [-0.4, -0.2) is 51.3 Å². The Morgan fingerprint density at radius 2 is 1.94 bits per heavy atom. The molecular formula is C23H22N4O5. The number of carbonyl (C=O) groups excluding carboxylic acids is 4. The molecule has 2 aliphatic heterocycles. The van der Waals surface area contributed by atoms with E-state index in [2.05, 4.69) is 22.1 Å². The second-order valence-electron chi connectivity index (χ2n) is 7.62. The van der Waals surface area contributed by atoms with Crippen LogP contribution in [0.1, 0.15) is 63.0 Å². The Kier molecular flexibility index (Phi) is 5.81. The molecule has 3 heterocycles. The fraction of sp³-hybridized carbons (Fsp3) is 0.304. The molecule has 9 nitrogen and oxygen atoms in total. The minimum atomic E-state index is -0.851. The van der Waals surface area contributed by atoms with Crippen molar-refractivity contribution in [3.63, 3.8) is 0 Å². The average molecular weight is 434 g/mol. The van der Waals surface area contributed by atoms with Crippen LogP contribution in [0, 0.1) is 0 Å². The van der Waals surface area contributed by atoms with Gasteiger partial charge in [0.2, 0.25) is 11.8 Å². The highest BCUT2D eigenvalue weighted by Gasteiger charge is 2.43. The Hall–Kier alpha value is -3.88. The van der Waals surface area contributed by atoms with Crippen LogP contribution in [0.25, 0.3) is 0 Å². The number of piperidine rings is 1. The van der Waals surface area contributed by atoms with Gasteiger partial charge in [-0.05, 0) is 49.9 Å². The number of rotatable bonds is 7. The molecule has 1 N–H and O–H groups in total. The molecule has 4 rings (SSSR count). The maximum atomic E-state index is 12.9. The number of carbonyl (C=O) groups is 4. The highest BCUT2D eigenvalue weighted by molar-refractivity contribution is 6.23. The number of hydrogen-bond donors (Lipinski definition) is 1. The average Bonchev–Trinajstić information content (AvgIpc) is 3.03. The molecule has 0 bridgehead atoms. The molecule has 3 amide bonds. The lowest BCUT2D eigenvalue weighted by Gasteiger charge is -2.29. The Labute approximate surface area is 184 Å². The third-order valence-electron chi connectivity index (χ3n) is 5.47. The van der Waals surface area contributed by atoms with E-state index in [-0.39, 0.29) is 29.0 Å². The van der Waals surface area contributed by atoms with Crippen LogP contribution in [-0.2, 0) is 11.2 Å². The minimum Gasteiger partial charge on any atom is -0.477 e. The zero-order valence-electron chi connectivity index (χ0n) is 17.6. The summed E-state index contributed by atoms with van der Waals surface area (Å²) in [5.74, 6) is -1.22. The second kappa shape index (κ2) is 8.70. The number of nitrogens with zero attached hydrogens (tertiary/aromatic N) is 3. The van der Waals surface area contributed by atoms with E-state index < -0.39 is 23.8 Å². The van der Waals surface area contributed by atoms with E-state index in [1.165, 1.54) is 0 Å². The number of nitrogens with one attached hydrogen (secondary N) is 1. The van der Waals surface area contributed by atoms with Crippen LogP contribution in [0.4, 0.5) is 0 Å². The number of fused-ring (bicyclic) bond motifs is 1. The van der Waals surface area contributed by atoms with Gasteiger partial charge in [0.1, 0.15) is 11.7 Å². The summed E-state index contributed by atoms with van der Waals surface area (Å²) in [5, 5.41) is 10.4. The Morgan fingerprint density at radius 1 is 1.16 bits per heavy atom. The summed E-state index contributed by atoms with van der Waals surface area (Å²) >= 11 is 0. The SMILES string of the molecule is C=C1CCC(N2C(=O)c3ccc(CCC(=O)c4ccc(OCC)nn4)cc3C2=O)C(=O)N1. The van der Waals surface area contributed by atoms with Gasteiger partial charge in [0, 0.05) is 18.2 Å². The number of imide groups is 1. The van der Waals surface area contributed by atoms with Crippen molar-refractivity contribution in [2.45, 2.75) is 38.6 Å². The fourth-order valence-corrected chi connectivity index (χ4v) is 3.83. The van der Waals surface area contributed by atoms with E-state index in [0.717, 1.165) is 10.5 Å². The molecule has 164 valence electrons. The van der Waals surface area contributed by atoms with Crippen LogP contribution in [0.2, 0.25) is 0 Å². The molecule has 1 aromatic carbocycles. The summed E-state index contributed by atoms with van der Waals surface area (Å²) in [7, 11) is 0. The monoisotopic (exact) mass is 434 g/mol. The van der Waals surface area contributed by atoms with Crippen molar-refractivity contribution in [3.8, 4) is 5.88 Å². The highest BCUT2D eigenvalue weighted by atomic mass is 16.5. The number of amides is 3. The standard InChI is InChI=1S/C23H22N4O5/c1-3-32-20-11-8-17(25-26-20)19(28)10-6-14-5-7-15-16(12-14)23(31)27(22(15)30)18-9-4-13(2)24-21(18)29/h5,7-8,11-12,18H,2-4,6,9-10H2,1H3,(H,24,29). The summed E-state index contributed by atoms with van der Waals surface area (Å²) < 4.78 is 5.22. The summed E-state index contributed by atoms with van der Waals surface area (Å²) in [6.45, 7) is 6.01. The summed E-state index contributed by atoms with van der Waals surface area (Å²) in [6, 6.07) is 7.21. The van der Waals surface area contributed by atoms with Gasteiger partial charge in [-0.25, -0.2) is 0 Å². The van der Waals surface area contributed by atoms with Gasteiger partial charge in [0.05, 0.1) is 17.7 Å². The lowest BCUT2D eigenvalue weighted by molar-refractivity contribution is -0.125. The molecule has 1 saturated heterocycles. The van der Waals surface area contributed by atoms with Crippen molar-refractivity contribution in [3.05, 3.63) is 65.0 Å². The zero-order valence-corrected chi connectivity index (χ0v) is 17.6. The first-order valence-electron chi connectivity index (χ1n) is 10.4. The first-order chi connectivity index (χ1) is 15.4. The molecule has 1 atom stereocenters. The number of hydrogen-bond acceptors (Lipinski definition) is 7. The van der Waals surface area contributed by atoms with Gasteiger partial charge in [0.15, 0.2) is 5.78 Å². The molecule has 0 saturated carbocycles. The van der Waals surface area contributed by atoms with Crippen molar-refractivity contribution in [2.75, 3.05) is 6.61 Å². The molecule has 2 aromatic rings. The van der Waals surface area contributed by atoms with Gasteiger partial charge in [-0.15, -0.1) is 10.2 Å². The predicted molar refractivity (Wildman–Crippen MR) is 113 cm³/mol. The third-order valence-corrected chi connectivity index (χ3v) is 5.47. The predicted octanol–water partition coefficient (Wildman–Crippen LogP) is 2.08. The van der Waals surface area contributed by atoms with E-state index in [9.17, 15) is 19.2 Å². The van der Waals surface area contributed by atoms with E-state index in [1.54, 1.807) is 30.3 Å². The smallest absolute Gasteiger partial charge is 0.262 e. The molecule has 0 radical (unpaired) electrons. The van der Waals surface area contributed by atoms with E-state index in [4.69, 9.17) is 4.74 Å². The Morgan fingerprint density at radius 3 is 2.62 bits per heavy atom.